The van der Waals surface area contributed by atoms with E-state index < -0.39 is 5.97 Å². The maximum Gasteiger partial charge on any atom is 0.303 e. The number of ether oxygens (including phenoxy) is 1. The van der Waals surface area contributed by atoms with E-state index >= 15 is 0 Å². The van der Waals surface area contributed by atoms with Crippen molar-refractivity contribution < 1.29 is 14.6 Å². The molecule has 0 aromatic carbocycles. The predicted octanol–water partition coefficient (Wildman–Crippen LogP) is 5.81. The molecule has 0 bridgehead atoms. The zero-order valence-corrected chi connectivity index (χ0v) is 17.6. The molecule has 3 nitrogen and oxygen atoms in total. The third-order valence-electron chi connectivity index (χ3n) is 10.7. The fourth-order valence-electron chi connectivity index (χ4n) is 9.33. The van der Waals surface area contributed by atoms with Crippen molar-refractivity contribution in [3.05, 3.63) is 0 Å². The van der Waals surface area contributed by atoms with E-state index in [1.54, 1.807) is 0 Å². The molecule has 1 heterocycles. The van der Waals surface area contributed by atoms with Crippen LogP contribution in [0, 0.1) is 34.5 Å². The molecule has 4 saturated carbocycles. The first kappa shape index (κ1) is 18.5. The van der Waals surface area contributed by atoms with Gasteiger partial charge in [-0.05, 0) is 86.9 Å². The minimum absolute atomic E-state index is 0.122. The molecule has 5 rings (SSSR count). The van der Waals surface area contributed by atoms with Crippen LogP contribution in [0.25, 0.3) is 0 Å². The van der Waals surface area contributed by atoms with Crippen molar-refractivity contribution in [1.29, 1.82) is 0 Å². The van der Waals surface area contributed by atoms with Crippen LogP contribution in [0.1, 0.15) is 97.8 Å². The summed E-state index contributed by atoms with van der Waals surface area (Å²) >= 11 is 0. The third-order valence-corrected chi connectivity index (χ3v) is 10.7. The number of rotatable bonds is 4. The van der Waals surface area contributed by atoms with Crippen molar-refractivity contribution in [3.8, 4) is 0 Å². The van der Waals surface area contributed by atoms with Crippen molar-refractivity contribution in [1.82, 2.24) is 0 Å². The topological polar surface area (TPSA) is 49.8 Å². The standard InChI is InChI=1S/C24H38O3/c1-16(7-8-20(25)26)18-10-15-24-22(18,3)13-11-19-21(2)12-5-4-6-17(21)9-14-23(19,24)27-24/h16-19H,4-15H2,1-3H3,(H,25,26)/t16-,17?,18-,19-,21+,22-,23+,24-/m1/s1. The fourth-order valence-corrected chi connectivity index (χ4v) is 9.33. The monoisotopic (exact) mass is 374 g/mol. The molecule has 3 heteroatoms. The van der Waals surface area contributed by atoms with Gasteiger partial charge in [0.1, 0.15) is 11.2 Å². The second-order valence-corrected chi connectivity index (χ2v) is 11.4. The Hall–Kier alpha value is -0.570. The highest BCUT2D eigenvalue weighted by Gasteiger charge is 2.85. The van der Waals surface area contributed by atoms with Crippen LogP contribution in [-0.2, 0) is 9.53 Å². The number of fused-ring (bicyclic) bond motifs is 2. The van der Waals surface area contributed by atoms with Crippen molar-refractivity contribution in [2.75, 3.05) is 0 Å². The van der Waals surface area contributed by atoms with Crippen LogP contribution >= 0.6 is 0 Å². The minimum atomic E-state index is -0.647. The van der Waals surface area contributed by atoms with E-state index in [1.807, 2.05) is 0 Å². The Labute approximate surface area is 164 Å². The van der Waals surface area contributed by atoms with Gasteiger partial charge in [0.15, 0.2) is 0 Å². The molecule has 5 fully saturated rings. The molecule has 1 aliphatic heterocycles. The second-order valence-electron chi connectivity index (χ2n) is 11.4. The average Bonchev–Trinajstić information content (AvgIpc) is 3.20. The van der Waals surface area contributed by atoms with Crippen LogP contribution in [-0.4, -0.2) is 22.3 Å². The Morgan fingerprint density at radius 2 is 1.89 bits per heavy atom. The number of epoxide rings is 1. The van der Waals surface area contributed by atoms with Crippen molar-refractivity contribution in [2.45, 2.75) is 109 Å². The van der Waals surface area contributed by atoms with E-state index in [1.165, 1.54) is 64.2 Å². The maximum atomic E-state index is 11.1. The van der Waals surface area contributed by atoms with Crippen LogP contribution in [0.5, 0.6) is 0 Å². The van der Waals surface area contributed by atoms with Gasteiger partial charge in [0.05, 0.1) is 0 Å². The number of carboxylic acid groups (broad SMARTS) is 1. The van der Waals surface area contributed by atoms with E-state index in [-0.39, 0.29) is 16.6 Å². The van der Waals surface area contributed by atoms with Gasteiger partial charge in [0.25, 0.3) is 0 Å². The van der Waals surface area contributed by atoms with Gasteiger partial charge in [-0.3, -0.25) is 4.79 Å². The van der Waals surface area contributed by atoms with Gasteiger partial charge in [-0.25, -0.2) is 0 Å². The Kier molecular flexibility index (Phi) is 3.92. The molecule has 0 aromatic rings. The van der Waals surface area contributed by atoms with Crippen LogP contribution in [0.2, 0.25) is 0 Å². The molecule has 8 atom stereocenters. The predicted molar refractivity (Wildman–Crippen MR) is 105 cm³/mol. The van der Waals surface area contributed by atoms with E-state index in [0.717, 1.165) is 18.3 Å². The molecule has 0 radical (unpaired) electrons. The lowest BCUT2D eigenvalue weighted by molar-refractivity contribution is -0.137. The molecular formula is C24H38O3. The molecule has 152 valence electrons. The third kappa shape index (κ3) is 2.16. The first-order valence-electron chi connectivity index (χ1n) is 11.7. The molecule has 4 aliphatic carbocycles. The van der Waals surface area contributed by atoms with Gasteiger partial charge in [0.2, 0.25) is 0 Å². The van der Waals surface area contributed by atoms with Gasteiger partial charge in [-0.1, -0.05) is 33.6 Å². The Bertz CT molecular complexity index is 646. The SMILES string of the molecule is C[C@H](CCC(=O)O)[C@H]1CC[C@]23O[C@]24CCC2CCCC[C@]2(C)[C@H]4CC[C@]13C. The number of carboxylic acids is 1. The number of aliphatic carboxylic acids is 1. The molecule has 2 spiro atoms. The highest BCUT2D eigenvalue weighted by atomic mass is 16.6. The smallest absolute Gasteiger partial charge is 0.303 e. The zero-order chi connectivity index (χ0) is 19.1. The van der Waals surface area contributed by atoms with E-state index in [4.69, 9.17) is 9.84 Å². The van der Waals surface area contributed by atoms with Gasteiger partial charge in [-0.15, -0.1) is 0 Å². The lowest BCUT2D eigenvalue weighted by atomic mass is 9.44. The van der Waals surface area contributed by atoms with E-state index in [9.17, 15) is 4.79 Å². The molecule has 27 heavy (non-hydrogen) atoms. The fraction of sp³-hybridized carbons (Fsp3) is 0.958. The van der Waals surface area contributed by atoms with Crippen molar-refractivity contribution >= 4 is 5.97 Å². The van der Waals surface area contributed by atoms with Gasteiger partial charge < -0.3 is 9.84 Å². The van der Waals surface area contributed by atoms with Crippen molar-refractivity contribution in [3.63, 3.8) is 0 Å². The summed E-state index contributed by atoms with van der Waals surface area (Å²) in [7, 11) is 0. The molecule has 0 amide bonds. The minimum Gasteiger partial charge on any atom is -0.481 e. The molecule has 1 unspecified atom stereocenters. The van der Waals surface area contributed by atoms with E-state index in [0.29, 0.717) is 23.7 Å². The van der Waals surface area contributed by atoms with Crippen LogP contribution < -0.4 is 0 Å². The molecule has 1 N–H and O–H groups in total. The highest BCUT2D eigenvalue weighted by molar-refractivity contribution is 5.66. The van der Waals surface area contributed by atoms with Crippen LogP contribution in [0.4, 0.5) is 0 Å². The summed E-state index contributed by atoms with van der Waals surface area (Å²) in [6, 6.07) is 0. The van der Waals surface area contributed by atoms with Gasteiger partial charge in [-0.2, -0.15) is 0 Å². The van der Waals surface area contributed by atoms with Gasteiger partial charge >= 0.3 is 5.97 Å². The largest absolute Gasteiger partial charge is 0.481 e. The Balaban J connectivity index is 1.42. The molecular weight excluding hydrogens is 336 g/mol. The lowest BCUT2D eigenvalue weighted by Gasteiger charge is -2.57. The summed E-state index contributed by atoms with van der Waals surface area (Å²) in [5, 5.41) is 9.13. The number of hydrogen-bond donors (Lipinski definition) is 1. The summed E-state index contributed by atoms with van der Waals surface area (Å²) in [5.74, 6) is 2.18. The molecule has 1 saturated heterocycles. The number of hydrogen-bond acceptors (Lipinski definition) is 2. The Morgan fingerprint density at radius 1 is 1.07 bits per heavy atom. The van der Waals surface area contributed by atoms with Gasteiger partial charge in [0, 0.05) is 11.8 Å². The normalized spacial score (nSPS) is 54.3. The average molecular weight is 375 g/mol. The highest BCUT2D eigenvalue weighted by Crippen LogP contribution is 2.81. The summed E-state index contributed by atoms with van der Waals surface area (Å²) in [6.45, 7) is 7.43. The van der Waals surface area contributed by atoms with Crippen molar-refractivity contribution in [2.24, 2.45) is 34.5 Å². The summed E-state index contributed by atoms with van der Waals surface area (Å²) in [5.41, 5.74) is 1.06. The first-order valence-corrected chi connectivity index (χ1v) is 11.7. The van der Waals surface area contributed by atoms with Crippen LogP contribution in [0.15, 0.2) is 0 Å². The Morgan fingerprint density at radius 3 is 2.67 bits per heavy atom. The molecule has 5 aliphatic rings. The zero-order valence-electron chi connectivity index (χ0n) is 17.6. The summed E-state index contributed by atoms with van der Waals surface area (Å²) < 4.78 is 6.99. The molecule has 0 aromatic heterocycles. The second kappa shape index (κ2) is 5.74. The van der Waals surface area contributed by atoms with E-state index in [2.05, 4.69) is 20.8 Å². The first-order chi connectivity index (χ1) is 12.8. The number of carbonyl (C=O) groups is 1. The maximum absolute atomic E-state index is 11.1. The summed E-state index contributed by atoms with van der Waals surface area (Å²) in [6.07, 6.45) is 14.6. The van der Waals surface area contributed by atoms with Crippen LogP contribution in [0.3, 0.4) is 0 Å². The summed E-state index contributed by atoms with van der Waals surface area (Å²) in [4.78, 5) is 11.1. The quantitative estimate of drug-likeness (QED) is 0.632. The lowest BCUT2D eigenvalue weighted by Crippen LogP contribution is -2.58.